The molecule has 220 valence electrons. The molecule has 1 spiro atoms. The number of fused-ring (bicyclic) bond motifs is 1. The van der Waals surface area contributed by atoms with Crippen molar-refractivity contribution in [1.82, 2.24) is 14.7 Å². The Bertz CT molecular complexity index is 930. The van der Waals surface area contributed by atoms with Crippen molar-refractivity contribution in [3.8, 4) is 0 Å². The standard InChI is InChI=1S/C31H51N3O5/c1-8-18-32(19-9-2)26(36)23-24-27(37)33(21-14-12-13-15-22-35)25(28(38)34(20-10-3)29(5,6)7)31(24)17-16-30(23,11-4)39-31/h8,10,23-25,35H,1,3,9,11-22H2,2,4-7H3/t23-,24-,25?,30+,31?/m0/s1. The average Bonchev–Trinajstić information content (AvgIpc) is 3.49. The number of nitrogens with zero attached hydrogens (tertiary/aromatic N) is 3. The van der Waals surface area contributed by atoms with Crippen LogP contribution >= 0.6 is 0 Å². The SMILES string of the molecule is C=CCN(CCC)C(=O)[C@@H]1[C@H]2C(=O)N(CCCCCCO)C(C(=O)N(CC=C)C(C)(C)C)C23CC[C@@]1(CC)O3. The first-order valence-electron chi connectivity index (χ1n) is 14.9. The number of rotatable bonds is 15. The van der Waals surface area contributed by atoms with Gasteiger partial charge >= 0.3 is 0 Å². The Morgan fingerprint density at radius 2 is 1.74 bits per heavy atom. The van der Waals surface area contributed by atoms with Crippen LogP contribution in [-0.4, -0.2) is 93.1 Å². The van der Waals surface area contributed by atoms with Crippen molar-refractivity contribution in [2.24, 2.45) is 11.8 Å². The molecule has 0 saturated carbocycles. The Labute approximate surface area is 235 Å². The molecule has 3 saturated heterocycles. The van der Waals surface area contributed by atoms with Crippen LogP contribution in [0.15, 0.2) is 25.3 Å². The molecule has 1 N–H and O–H groups in total. The molecule has 3 aliphatic rings. The molecule has 3 heterocycles. The van der Waals surface area contributed by atoms with E-state index in [4.69, 9.17) is 9.84 Å². The van der Waals surface area contributed by atoms with Crippen LogP contribution < -0.4 is 0 Å². The van der Waals surface area contributed by atoms with Gasteiger partial charge in [0.2, 0.25) is 17.7 Å². The van der Waals surface area contributed by atoms with E-state index >= 15 is 0 Å². The van der Waals surface area contributed by atoms with Crippen LogP contribution in [0, 0.1) is 11.8 Å². The average molecular weight is 546 g/mol. The van der Waals surface area contributed by atoms with E-state index in [1.54, 1.807) is 26.9 Å². The van der Waals surface area contributed by atoms with Gasteiger partial charge < -0.3 is 24.5 Å². The van der Waals surface area contributed by atoms with Crippen molar-refractivity contribution < 1.29 is 24.2 Å². The largest absolute Gasteiger partial charge is 0.396 e. The first-order valence-corrected chi connectivity index (χ1v) is 14.9. The van der Waals surface area contributed by atoms with Crippen LogP contribution in [0.2, 0.25) is 0 Å². The summed E-state index contributed by atoms with van der Waals surface area (Å²) in [6.45, 7) is 19.7. The quantitative estimate of drug-likeness (QED) is 0.249. The summed E-state index contributed by atoms with van der Waals surface area (Å²) in [6.07, 6.45) is 9.26. The minimum absolute atomic E-state index is 0.0618. The molecule has 3 amide bonds. The minimum Gasteiger partial charge on any atom is -0.396 e. The Morgan fingerprint density at radius 1 is 1.08 bits per heavy atom. The van der Waals surface area contributed by atoms with E-state index < -0.39 is 34.6 Å². The maximum atomic E-state index is 14.5. The van der Waals surface area contributed by atoms with E-state index in [2.05, 4.69) is 13.2 Å². The number of likely N-dealkylation sites (tertiary alicyclic amines) is 1. The third kappa shape index (κ3) is 5.56. The van der Waals surface area contributed by atoms with E-state index in [0.717, 1.165) is 32.1 Å². The molecular weight excluding hydrogens is 494 g/mol. The van der Waals surface area contributed by atoms with Crippen molar-refractivity contribution in [3.05, 3.63) is 25.3 Å². The molecule has 39 heavy (non-hydrogen) atoms. The van der Waals surface area contributed by atoms with Crippen LogP contribution in [0.3, 0.4) is 0 Å². The van der Waals surface area contributed by atoms with Crippen molar-refractivity contribution >= 4 is 17.7 Å². The molecule has 3 fully saturated rings. The monoisotopic (exact) mass is 545 g/mol. The zero-order valence-electron chi connectivity index (χ0n) is 24.9. The molecule has 0 aromatic rings. The molecular formula is C31H51N3O5. The second-order valence-electron chi connectivity index (χ2n) is 12.5. The van der Waals surface area contributed by atoms with Crippen molar-refractivity contribution in [3.63, 3.8) is 0 Å². The van der Waals surface area contributed by atoms with Gasteiger partial charge in [0, 0.05) is 38.3 Å². The summed E-state index contributed by atoms with van der Waals surface area (Å²) in [6, 6.07) is -0.780. The second kappa shape index (κ2) is 12.5. The van der Waals surface area contributed by atoms with Gasteiger partial charge in [0.15, 0.2) is 0 Å². The Kier molecular flexibility index (Phi) is 10.1. The fourth-order valence-corrected chi connectivity index (χ4v) is 7.25. The number of unbranched alkanes of at least 4 members (excludes halogenated alkanes) is 3. The summed E-state index contributed by atoms with van der Waals surface area (Å²) in [7, 11) is 0. The van der Waals surface area contributed by atoms with Crippen LogP contribution in [0.25, 0.3) is 0 Å². The summed E-state index contributed by atoms with van der Waals surface area (Å²) in [5.74, 6) is -1.63. The lowest BCUT2D eigenvalue weighted by Gasteiger charge is -2.42. The number of amides is 3. The maximum Gasteiger partial charge on any atom is 0.249 e. The van der Waals surface area contributed by atoms with E-state index in [9.17, 15) is 14.4 Å². The van der Waals surface area contributed by atoms with Crippen molar-refractivity contribution in [2.75, 3.05) is 32.8 Å². The third-order valence-electron chi connectivity index (χ3n) is 9.03. The third-order valence-corrected chi connectivity index (χ3v) is 9.03. The van der Waals surface area contributed by atoms with Gasteiger partial charge in [-0.15, -0.1) is 13.2 Å². The zero-order valence-corrected chi connectivity index (χ0v) is 24.9. The highest BCUT2D eigenvalue weighted by Gasteiger charge is 2.79. The Balaban J connectivity index is 2.08. The van der Waals surface area contributed by atoms with E-state index in [1.807, 2.05) is 34.6 Å². The predicted molar refractivity (Wildman–Crippen MR) is 153 cm³/mol. The first-order chi connectivity index (χ1) is 18.5. The maximum absolute atomic E-state index is 14.5. The number of aliphatic hydroxyl groups excluding tert-OH is 1. The number of ether oxygens (including phenoxy) is 1. The highest BCUT2D eigenvalue weighted by molar-refractivity contribution is 5.99. The molecule has 3 aliphatic heterocycles. The smallest absolute Gasteiger partial charge is 0.249 e. The van der Waals surface area contributed by atoms with Gasteiger partial charge in [-0.25, -0.2) is 0 Å². The normalized spacial score (nSPS) is 29.4. The van der Waals surface area contributed by atoms with Crippen LogP contribution in [-0.2, 0) is 19.1 Å². The van der Waals surface area contributed by atoms with E-state index in [-0.39, 0.29) is 24.3 Å². The predicted octanol–water partition coefficient (Wildman–Crippen LogP) is 3.93. The topological polar surface area (TPSA) is 90.4 Å². The van der Waals surface area contributed by atoms with Crippen LogP contribution in [0.4, 0.5) is 0 Å². The molecule has 2 bridgehead atoms. The highest BCUT2D eigenvalue weighted by atomic mass is 16.5. The molecule has 8 nitrogen and oxygen atoms in total. The number of carbonyl (C=O) groups excluding carboxylic acids is 3. The summed E-state index contributed by atoms with van der Waals surface area (Å²) in [5, 5.41) is 9.17. The molecule has 8 heteroatoms. The van der Waals surface area contributed by atoms with Crippen LogP contribution in [0.1, 0.15) is 86.0 Å². The number of carbonyl (C=O) groups is 3. The first kappa shape index (κ1) is 31.3. The van der Waals surface area contributed by atoms with Gasteiger partial charge in [-0.1, -0.05) is 38.8 Å². The van der Waals surface area contributed by atoms with Gasteiger partial charge in [-0.05, 0) is 59.3 Å². The van der Waals surface area contributed by atoms with Crippen LogP contribution in [0.5, 0.6) is 0 Å². The zero-order chi connectivity index (χ0) is 29.0. The van der Waals surface area contributed by atoms with E-state index in [0.29, 0.717) is 45.4 Å². The molecule has 0 aromatic heterocycles. The molecule has 5 atom stereocenters. The Morgan fingerprint density at radius 3 is 2.31 bits per heavy atom. The summed E-state index contributed by atoms with van der Waals surface area (Å²) >= 11 is 0. The van der Waals surface area contributed by atoms with Gasteiger partial charge in [-0.3, -0.25) is 14.4 Å². The van der Waals surface area contributed by atoms with Crippen molar-refractivity contribution in [2.45, 2.75) is 109 Å². The van der Waals surface area contributed by atoms with Gasteiger partial charge in [0.05, 0.1) is 17.4 Å². The lowest BCUT2D eigenvalue weighted by atomic mass is 9.64. The van der Waals surface area contributed by atoms with Gasteiger partial charge in [0.1, 0.15) is 11.6 Å². The Hall–Kier alpha value is -2.19. The number of hydrogen-bond acceptors (Lipinski definition) is 5. The number of hydrogen-bond donors (Lipinski definition) is 1. The second-order valence-corrected chi connectivity index (χ2v) is 12.5. The van der Waals surface area contributed by atoms with Gasteiger partial charge in [-0.2, -0.15) is 0 Å². The summed E-state index contributed by atoms with van der Waals surface area (Å²) < 4.78 is 6.94. The molecule has 0 aliphatic carbocycles. The molecule has 3 rings (SSSR count). The van der Waals surface area contributed by atoms with Crippen molar-refractivity contribution in [1.29, 1.82) is 0 Å². The summed E-state index contributed by atoms with van der Waals surface area (Å²) in [4.78, 5) is 48.3. The fourth-order valence-electron chi connectivity index (χ4n) is 7.25. The molecule has 2 unspecified atom stereocenters. The highest BCUT2D eigenvalue weighted by Crippen LogP contribution is 2.64. The number of aliphatic hydroxyl groups is 1. The molecule has 0 aromatic carbocycles. The lowest BCUT2D eigenvalue weighted by molar-refractivity contribution is -0.157. The van der Waals surface area contributed by atoms with Gasteiger partial charge in [0.25, 0.3) is 0 Å². The minimum atomic E-state index is -1.02. The lowest BCUT2D eigenvalue weighted by Crippen LogP contribution is -2.60. The molecule has 0 radical (unpaired) electrons. The van der Waals surface area contributed by atoms with E-state index in [1.165, 1.54) is 0 Å². The fraction of sp³-hybridized carbons (Fsp3) is 0.774. The summed E-state index contributed by atoms with van der Waals surface area (Å²) in [5.41, 5.74) is -2.25.